The largest absolute Gasteiger partial charge is 0.0986 e. The monoisotopic (exact) mass is 264 g/mol. The summed E-state index contributed by atoms with van der Waals surface area (Å²) in [5.74, 6) is 2.97. The molecule has 104 valence electrons. The first-order chi connectivity index (χ1) is 9.84. The van der Waals surface area contributed by atoms with Crippen LogP contribution in [0.5, 0.6) is 0 Å². The summed E-state index contributed by atoms with van der Waals surface area (Å²) in [5.41, 5.74) is 4.90. The molecule has 4 rings (SSSR count). The fraction of sp³-hybridized carbons (Fsp3) is 0.500. The lowest BCUT2D eigenvalue weighted by atomic mass is 9.78. The van der Waals surface area contributed by atoms with Gasteiger partial charge >= 0.3 is 0 Å². The van der Waals surface area contributed by atoms with E-state index in [0.717, 1.165) is 11.8 Å². The normalized spacial score (nSPS) is 38.2. The van der Waals surface area contributed by atoms with Crippen molar-refractivity contribution in [2.24, 2.45) is 23.7 Å². The maximum absolute atomic E-state index is 4.57. The van der Waals surface area contributed by atoms with Gasteiger partial charge in [0.1, 0.15) is 0 Å². The van der Waals surface area contributed by atoms with Gasteiger partial charge in [0.15, 0.2) is 0 Å². The highest BCUT2D eigenvalue weighted by Gasteiger charge is 2.38. The molecule has 0 spiro atoms. The molecule has 4 unspecified atom stereocenters. The van der Waals surface area contributed by atoms with Crippen molar-refractivity contribution >= 4 is 0 Å². The fourth-order valence-electron chi connectivity index (χ4n) is 4.87. The first-order valence-electron chi connectivity index (χ1n) is 8.26. The second-order valence-corrected chi connectivity index (χ2v) is 6.89. The Morgan fingerprint density at radius 1 is 0.800 bits per heavy atom. The van der Waals surface area contributed by atoms with Crippen LogP contribution in [0.4, 0.5) is 0 Å². The number of hydrogen-bond acceptors (Lipinski definition) is 0. The minimum Gasteiger partial charge on any atom is -0.0986 e. The molecule has 4 aliphatic rings. The van der Waals surface area contributed by atoms with Gasteiger partial charge in [-0.05, 0) is 50.4 Å². The smallest absolute Gasteiger partial charge is 0.00165 e. The Morgan fingerprint density at radius 2 is 1.30 bits per heavy atom. The summed E-state index contributed by atoms with van der Waals surface area (Å²) in [6.45, 7) is 4.57. The molecule has 0 aliphatic heterocycles. The van der Waals surface area contributed by atoms with E-state index in [2.05, 4.69) is 43.0 Å². The lowest BCUT2D eigenvalue weighted by molar-refractivity contribution is 0.605. The summed E-state index contributed by atoms with van der Waals surface area (Å²) in [5, 5.41) is 0. The Labute approximate surface area is 122 Å². The molecule has 2 saturated carbocycles. The van der Waals surface area contributed by atoms with E-state index in [1.165, 1.54) is 44.1 Å². The highest BCUT2D eigenvalue weighted by molar-refractivity contribution is 5.38. The van der Waals surface area contributed by atoms with E-state index in [1.54, 1.807) is 11.1 Å². The van der Waals surface area contributed by atoms with Crippen molar-refractivity contribution in [2.75, 3.05) is 0 Å². The van der Waals surface area contributed by atoms with E-state index in [9.17, 15) is 0 Å². The summed E-state index contributed by atoms with van der Waals surface area (Å²) in [6, 6.07) is 0. The molecule has 20 heavy (non-hydrogen) atoms. The Balaban J connectivity index is 1.59. The van der Waals surface area contributed by atoms with Crippen molar-refractivity contribution in [3.8, 4) is 0 Å². The molecule has 0 amide bonds. The third-order valence-corrected chi connectivity index (χ3v) is 5.94. The number of allylic oxidation sites excluding steroid dienone is 9. The zero-order valence-corrected chi connectivity index (χ0v) is 12.2. The summed E-state index contributed by atoms with van der Waals surface area (Å²) < 4.78 is 0. The van der Waals surface area contributed by atoms with Crippen molar-refractivity contribution < 1.29 is 0 Å². The average Bonchev–Trinajstić information content (AvgIpc) is 3.11. The molecule has 4 atom stereocenters. The molecular formula is C20H24. The first kappa shape index (κ1) is 12.4. The molecule has 0 saturated heterocycles. The van der Waals surface area contributed by atoms with Crippen molar-refractivity contribution in [1.82, 2.24) is 0 Å². The van der Waals surface area contributed by atoms with Crippen LogP contribution in [-0.2, 0) is 0 Å². The Bertz CT molecular complexity index is 492. The predicted molar refractivity (Wildman–Crippen MR) is 85.2 cm³/mol. The second kappa shape index (κ2) is 4.91. The highest BCUT2D eigenvalue weighted by atomic mass is 14.4. The van der Waals surface area contributed by atoms with Gasteiger partial charge in [-0.2, -0.15) is 0 Å². The van der Waals surface area contributed by atoms with Crippen LogP contribution in [0, 0.1) is 23.7 Å². The average molecular weight is 264 g/mol. The molecule has 0 heteroatoms. The minimum absolute atomic E-state index is 0.667. The van der Waals surface area contributed by atoms with Crippen molar-refractivity contribution in [3.05, 3.63) is 59.8 Å². The number of rotatable bonds is 2. The minimum atomic E-state index is 0.667. The molecule has 0 aromatic rings. The van der Waals surface area contributed by atoms with Crippen LogP contribution >= 0.6 is 0 Å². The molecule has 0 heterocycles. The molecule has 0 aromatic heterocycles. The number of fused-ring (bicyclic) bond motifs is 2. The lowest BCUT2D eigenvalue weighted by Crippen LogP contribution is -2.14. The van der Waals surface area contributed by atoms with Crippen LogP contribution in [0.25, 0.3) is 0 Å². The molecule has 2 fully saturated rings. The first-order valence-corrected chi connectivity index (χ1v) is 8.26. The van der Waals surface area contributed by atoms with E-state index in [1.807, 2.05) is 0 Å². The maximum Gasteiger partial charge on any atom is 0.00165 e. The lowest BCUT2D eigenvalue weighted by Gasteiger charge is -2.26. The molecule has 0 nitrogen and oxygen atoms in total. The topological polar surface area (TPSA) is 0 Å². The third kappa shape index (κ3) is 1.89. The van der Waals surface area contributed by atoms with Crippen LogP contribution in [0.3, 0.4) is 0 Å². The molecular weight excluding hydrogens is 240 g/mol. The summed E-state index contributed by atoms with van der Waals surface area (Å²) in [7, 11) is 0. The van der Waals surface area contributed by atoms with E-state index in [4.69, 9.17) is 0 Å². The zero-order chi connectivity index (χ0) is 13.5. The van der Waals surface area contributed by atoms with Crippen LogP contribution < -0.4 is 0 Å². The molecule has 0 N–H and O–H groups in total. The van der Waals surface area contributed by atoms with E-state index >= 15 is 0 Å². The Kier molecular flexibility index (Phi) is 3.06. The summed E-state index contributed by atoms with van der Waals surface area (Å²) in [6.07, 6.45) is 21.9. The number of hydrogen-bond donors (Lipinski definition) is 0. The zero-order valence-electron chi connectivity index (χ0n) is 12.2. The van der Waals surface area contributed by atoms with Crippen LogP contribution in [0.15, 0.2) is 59.8 Å². The van der Waals surface area contributed by atoms with Crippen LogP contribution in [0.2, 0.25) is 0 Å². The van der Waals surface area contributed by atoms with Crippen molar-refractivity contribution in [3.63, 3.8) is 0 Å². The van der Waals surface area contributed by atoms with Gasteiger partial charge in [0.25, 0.3) is 0 Å². The van der Waals surface area contributed by atoms with Gasteiger partial charge in [-0.25, -0.2) is 0 Å². The van der Waals surface area contributed by atoms with Crippen LogP contribution in [0.1, 0.15) is 38.5 Å². The second-order valence-electron chi connectivity index (χ2n) is 6.89. The quantitative estimate of drug-likeness (QED) is 0.588. The third-order valence-electron chi connectivity index (χ3n) is 5.94. The van der Waals surface area contributed by atoms with E-state index < -0.39 is 0 Å². The van der Waals surface area contributed by atoms with Gasteiger partial charge in [-0.1, -0.05) is 59.8 Å². The Morgan fingerprint density at radius 3 is 1.80 bits per heavy atom. The molecule has 4 aliphatic carbocycles. The fourth-order valence-corrected chi connectivity index (χ4v) is 4.87. The highest BCUT2D eigenvalue weighted by Crippen LogP contribution is 2.51. The van der Waals surface area contributed by atoms with Gasteiger partial charge in [0.2, 0.25) is 0 Å². The van der Waals surface area contributed by atoms with Gasteiger partial charge in [0.05, 0.1) is 0 Å². The van der Waals surface area contributed by atoms with Crippen LogP contribution in [-0.4, -0.2) is 0 Å². The molecule has 0 aromatic carbocycles. The standard InChI is InChI=1S/C20H24/c1-14(17-12-10-15-6-2-4-8-19(15)17)18-13-11-16-7-3-5-9-20(16)18/h2-5,8-9,15-18H,1,6-7,10-13H2. The summed E-state index contributed by atoms with van der Waals surface area (Å²) >= 11 is 0. The molecule has 0 radical (unpaired) electrons. The van der Waals surface area contributed by atoms with Crippen molar-refractivity contribution in [2.45, 2.75) is 38.5 Å². The van der Waals surface area contributed by atoms with E-state index in [-0.39, 0.29) is 0 Å². The van der Waals surface area contributed by atoms with Gasteiger partial charge in [-0.3, -0.25) is 0 Å². The van der Waals surface area contributed by atoms with E-state index in [0.29, 0.717) is 11.8 Å². The van der Waals surface area contributed by atoms with Gasteiger partial charge < -0.3 is 0 Å². The van der Waals surface area contributed by atoms with Crippen molar-refractivity contribution in [1.29, 1.82) is 0 Å². The molecule has 0 bridgehead atoms. The van der Waals surface area contributed by atoms with Gasteiger partial charge in [0, 0.05) is 11.8 Å². The maximum atomic E-state index is 4.57. The predicted octanol–water partition coefficient (Wildman–Crippen LogP) is 5.37. The van der Waals surface area contributed by atoms with Gasteiger partial charge in [-0.15, -0.1) is 0 Å². The summed E-state index contributed by atoms with van der Waals surface area (Å²) in [4.78, 5) is 0. The Hall–Kier alpha value is -1.30. The SMILES string of the molecule is C=C(C1CCC2CC=CC=C21)C1CCC2CC=CC=C21.